The molecule has 0 heterocycles. The minimum absolute atomic E-state index is 0.106. The molecule has 1 unspecified atom stereocenters. The van der Waals surface area contributed by atoms with Crippen molar-refractivity contribution in [2.45, 2.75) is 258 Å². The smallest absolute Gasteiger partial charge is 0.306 e. The fourth-order valence-electron chi connectivity index (χ4n) is 7.41. The molecule has 6 heteroatoms. The molecule has 0 aliphatic heterocycles. The van der Waals surface area contributed by atoms with Gasteiger partial charge in [0.25, 0.3) is 0 Å². The normalized spacial score (nSPS) is 12.7. The summed E-state index contributed by atoms with van der Waals surface area (Å²) in [5, 5.41) is 0. The maximum Gasteiger partial charge on any atom is 0.306 e. The topological polar surface area (TPSA) is 78.9 Å². The number of unbranched alkanes of at least 4 members (excludes halogenated alkanes) is 27. The van der Waals surface area contributed by atoms with Crippen LogP contribution in [0.2, 0.25) is 0 Å². The number of allylic oxidation sites excluding steroid dienone is 14. The van der Waals surface area contributed by atoms with E-state index in [1.807, 2.05) is 30.4 Å². The third kappa shape index (κ3) is 51.4. The molecule has 0 aliphatic rings. The molecule has 0 aromatic heterocycles. The van der Waals surface area contributed by atoms with Crippen LogP contribution in [0.5, 0.6) is 0 Å². The van der Waals surface area contributed by atoms with Gasteiger partial charge in [-0.1, -0.05) is 260 Å². The quantitative estimate of drug-likeness (QED) is 0.0199. The van der Waals surface area contributed by atoms with Gasteiger partial charge in [0.1, 0.15) is 13.2 Å². The first kappa shape index (κ1) is 61.6. The molecule has 0 N–H and O–H groups in total. The Morgan fingerprint density at radius 1 is 0.323 bits per heavy atom. The molecule has 0 aliphatic carbocycles. The van der Waals surface area contributed by atoms with Gasteiger partial charge in [0.2, 0.25) is 0 Å². The van der Waals surface area contributed by atoms with Gasteiger partial charge in [-0.3, -0.25) is 14.4 Å². The van der Waals surface area contributed by atoms with Crippen molar-refractivity contribution in [2.75, 3.05) is 13.2 Å². The molecule has 0 saturated carbocycles. The summed E-state index contributed by atoms with van der Waals surface area (Å²) >= 11 is 0. The number of carbonyl (C=O) groups excluding carboxylic acids is 3. The second-order valence-electron chi connectivity index (χ2n) is 17.9. The average Bonchev–Trinajstić information content (AvgIpc) is 3.30. The Kier molecular flexibility index (Phi) is 50.4. The van der Waals surface area contributed by atoms with Crippen LogP contribution in [-0.2, 0) is 28.6 Å². The Morgan fingerprint density at radius 3 is 1.14 bits per heavy atom. The van der Waals surface area contributed by atoms with E-state index in [1.54, 1.807) is 0 Å². The lowest BCUT2D eigenvalue weighted by Gasteiger charge is -2.18. The molecule has 6 nitrogen and oxygen atoms in total. The van der Waals surface area contributed by atoms with E-state index < -0.39 is 6.10 Å². The monoisotopic (exact) mass is 905 g/mol. The Bertz CT molecular complexity index is 1270. The number of carbonyl (C=O) groups is 3. The zero-order chi connectivity index (χ0) is 47.2. The maximum absolute atomic E-state index is 12.8. The van der Waals surface area contributed by atoms with Gasteiger partial charge < -0.3 is 14.2 Å². The van der Waals surface area contributed by atoms with Crippen molar-refractivity contribution in [3.63, 3.8) is 0 Å². The fraction of sp³-hybridized carbons (Fsp3) is 0.712. The molecule has 0 rings (SSSR count). The Labute approximate surface area is 401 Å². The molecule has 0 fully saturated rings. The standard InChI is InChI=1S/C59H100O6/c1-4-7-10-13-16-19-22-25-27-29-30-32-34-37-40-43-46-49-52-58(61)64-55-56(54-63-57(60)51-48-45-42-39-36-33-24-21-18-15-12-9-6-3)65-59(62)53-50-47-44-41-38-35-31-28-26-23-20-17-14-11-8-5-2/h10,13,16,19,22,25,27,29-30,32-33,36,42,45,56H,4-9,11-12,14-15,17-18,20-21,23-24,26,28,31,34-35,37-41,43-44,46-55H2,1-3H3/b13-10+,19-16+,25-22+,29-27+,32-30+,36-33+,45-42+. The van der Waals surface area contributed by atoms with Gasteiger partial charge in [-0.2, -0.15) is 0 Å². The summed E-state index contributed by atoms with van der Waals surface area (Å²) < 4.78 is 16.8. The predicted octanol–water partition coefficient (Wildman–Crippen LogP) is 18.0. The van der Waals surface area contributed by atoms with Gasteiger partial charge in [-0.25, -0.2) is 0 Å². The minimum Gasteiger partial charge on any atom is -0.462 e. The van der Waals surface area contributed by atoms with Crippen LogP contribution in [-0.4, -0.2) is 37.2 Å². The highest BCUT2D eigenvalue weighted by Gasteiger charge is 2.19. The van der Waals surface area contributed by atoms with E-state index in [1.165, 1.54) is 128 Å². The summed E-state index contributed by atoms with van der Waals surface area (Å²) in [5.74, 6) is -0.993. The molecule has 0 aromatic carbocycles. The third-order valence-electron chi connectivity index (χ3n) is 11.5. The summed E-state index contributed by atoms with van der Waals surface area (Å²) in [4.78, 5) is 38.0. The van der Waals surface area contributed by atoms with E-state index >= 15 is 0 Å². The van der Waals surface area contributed by atoms with E-state index in [-0.39, 0.29) is 37.5 Å². The summed E-state index contributed by atoms with van der Waals surface area (Å²) in [5.41, 5.74) is 0. The Morgan fingerprint density at radius 2 is 0.677 bits per heavy atom. The van der Waals surface area contributed by atoms with E-state index in [0.717, 1.165) is 77.0 Å². The van der Waals surface area contributed by atoms with Gasteiger partial charge >= 0.3 is 17.9 Å². The van der Waals surface area contributed by atoms with Gasteiger partial charge in [0.05, 0.1) is 0 Å². The van der Waals surface area contributed by atoms with Crippen molar-refractivity contribution in [1.82, 2.24) is 0 Å². The van der Waals surface area contributed by atoms with E-state index in [9.17, 15) is 14.4 Å². The van der Waals surface area contributed by atoms with Crippen LogP contribution in [0, 0.1) is 0 Å². The van der Waals surface area contributed by atoms with Crippen molar-refractivity contribution < 1.29 is 28.6 Å². The highest BCUT2D eigenvalue weighted by molar-refractivity contribution is 5.71. The number of hydrogen-bond donors (Lipinski definition) is 0. The first-order valence-electron chi connectivity index (χ1n) is 27.2. The molecule has 372 valence electrons. The Hall–Kier alpha value is -3.41. The first-order valence-corrected chi connectivity index (χ1v) is 27.2. The average molecular weight is 905 g/mol. The Balaban J connectivity index is 4.48. The molecule has 0 saturated heterocycles. The van der Waals surface area contributed by atoms with Crippen LogP contribution in [0.15, 0.2) is 85.1 Å². The van der Waals surface area contributed by atoms with Gasteiger partial charge in [-0.05, 0) is 57.8 Å². The lowest BCUT2D eigenvalue weighted by Crippen LogP contribution is -2.30. The van der Waals surface area contributed by atoms with Crippen LogP contribution in [0.1, 0.15) is 252 Å². The highest BCUT2D eigenvalue weighted by Crippen LogP contribution is 2.15. The van der Waals surface area contributed by atoms with Gasteiger partial charge in [0, 0.05) is 19.3 Å². The van der Waals surface area contributed by atoms with Crippen molar-refractivity contribution in [3.05, 3.63) is 85.1 Å². The van der Waals surface area contributed by atoms with Crippen molar-refractivity contribution in [1.29, 1.82) is 0 Å². The summed E-state index contributed by atoms with van der Waals surface area (Å²) in [6.07, 6.45) is 68.6. The number of esters is 3. The fourth-order valence-corrected chi connectivity index (χ4v) is 7.41. The lowest BCUT2D eigenvalue weighted by molar-refractivity contribution is -0.166. The molecule has 0 aromatic rings. The summed E-state index contributed by atoms with van der Waals surface area (Å²) in [6.45, 7) is 6.48. The van der Waals surface area contributed by atoms with Crippen LogP contribution in [0.25, 0.3) is 0 Å². The number of ether oxygens (including phenoxy) is 3. The molecular weight excluding hydrogens is 805 g/mol. The first-order chi connectivity index (χ1) is 32.0. The number of hydrogen-bond acceptors (Lipinski definition) is 6. The van der Waals surface area contributed by atoms with Crippen LogP contribution >= 0.6 is 0 Å². The lowest BCUT2D eigenvalue weighted by atomic mass is 10.0. The SMILES string of the molecule is CCC/C=C/C=C/C=C/C=C/C=C/CCCCCCCC(=O)OCC(COC(=O)CC/C=C/C/C=C/CCCCCCCC)OC(=O)CCCCCCCCCCCCCCCCCC. The largest absolute Gasteiger partial charge is 0.462 e. The van der Waals surface area contributed by atoms with E-state index in [4.69, 9.17) is 14.2 Å². The molecule has 0 spiro atoms. The van der Waals surface area contributed by atoms with Crippen molar-refractivity contribution >= 4 is 17.9 Å². The van der Waals surface area contributed by atoms with Gasteiger partial charge in [0.15, 0.2) is 6.10 Å². The number of rotatable bonds is 48. The second kappa shape index (κ2) is 53.2. The third-order valence-corrected chi connectivity index (χ3v) is 11.5. The van der Waals surface area contributed by atoms with Gasteiger partial charge in [-0.15, -0.1) is 0 Å². The van der Waals surface area contributed by atoms with Crippen LogP contribution in [0.3, 0.4) is 0 Å². The van der Waals surface area contributed by atoms with E-state index in [0.29, 0.717) is 19.3 Å². The summed E-state index contributed by atoms with van der Waals surface area (Å²) in [7, 11) is 0. The molecule has 65 heavy (non-hydrogen) atoms. The molecule has 0 radical (unpaired) electrons. The molecule has 0 amide bonds. The maximum atomic E-state index is 12.8. The highest BCUT2D eigenvalue weighted by atomic mass is 16.6. The van der Waals surface area contributed by atoms with Crippen LogP contribution < -0.4 is 0 Å². The zero-order valence-electron chi connectivity index (χ0n) is 42.5. The van der Waals surface area contributed by atoms with E-state index in [2.05, 4.69) is 75.5 Å². The second-order valence-corrected chi connectivity index (χ2v) is 17.9. The van der Waals surface area contributed by atoms with Crippen molar-refractivity contribution in [2.24, 2.45) is 0 Å². The zero-order valence-corrected chi connectivity index (χ0v) is 42.5. The predicted molar refractivity (Wildman–Crippen MR) is 279 cm³/mol. The van der Waals surface area contributed by atoms with Crippen molar-refractivity contribution in [3.8, 4) is 0 Å². The molecule has 1 atom stereocenters. The van der Waals surface area contributed by atoms with Crippen LogP contribution in [0.4, 0.5) is 0 Å². The summed E-state index contributed by atoms with van der Waals surface area (Å²) in [6, 6.07) is 0. The minimum atomic E-state index is -0.808. The molecule has 0 bridgehead atoms. The molecular formula is C59H100O6.